The van der Waals surface area contributed by atoms with Crippen LogP contribution in [-0.4, -0.2) is 60.4 Å². The van der Waals surface area contributed by atoms with Crippen molar-refractivity contribution in [1.82, 2.24) is 14.5 Å². The molecule has 0 saturated carbocycles. The van der Waals surface area contributed by atoms with Gasteiger partial charge in [0.05, 0.1) is 6.61 Å². The summed E-state index contributed by atoms with van der Waals surface area (Å²) in [5.74, 6) is 2.08. The number of carbonyl (C=O) groups excluding carboxylic acids is 1. The second-order valence-electron chi connectivity index (χ2n) is 6.46. The van der Waals surface area contributed by atoms with Crippen LogP contribution in [0.3, 0.4) is 0 Å². The van der Waals surface area contributed by atoms with Gasteiger partial charge < -0.3 is 18.9 Å². The summed E-state index contributed by atoms with van der Waals surface area (Å²) in [7, 11) is 1.72. The largest absolute Gasteiger partial charge is 0.383 e. The van der Waals surface area contributed by atoms with E-state index in [1.54, 1.807) is 7.11 Å². The second-order valence-corrected chi connectivity index (χ2v) is 6.46. The highest BCUT2D eigenvalue weighted by molar-refractivity contribution is 5.79. The van der Waals surface area contributed by atoms with Gasteiger partial charge >= 0.3 is 0 Å². The van der Waals surface area contributed by atoms with Crippen LogP contribution in [0.25, 0.3) is 0 Å². The first kappa shape index (κ1) is 16.5. The summed E-state index contributed by atoms with van der Waals surface area (Å²) in [4.78, 5) is 19.2. The molecule has 1 aromatic rings. The number of nitrogens with zero attached hydrogens (tertiary/aromatic N) is 3. The third kappa shape index (κ3) is 3.93. The minimum Gasteiger partial charge on any atom is -0.383 e. The molecule has 0 radical (unpaired) electrons. The Morgan fingerprint density at radius 3 is 2.74 bits per heavy atom. The smallest absolute Gasteiger partial charge is 0.225 e. The van der Waals surface area contributed by atoms with Crippen LogP contribution in [0.4, 0.5) is 0 Å². The van der Waals surface area contributed by atoms with Crippen LogP contribution >= 0.6 is 0 Å². The highest BCUT2D eigenvalue weighted by Crippen LogP contribution is 2.28. The Morgan fingerprint density at radius 2 is 2.04 bits per heavy atom. The fourth-order valence-corrected chi connectivity index (χ4v) is 3.62. The Hall–Kier alpha value is -1.40. The minimum atomic E-state index is 0.170. The van der Waals surface area contributed by atoms with Gasteiger partial charge in [-0.15, -0.1) is 0 Å². The van der Waals surface area contributed by atoms with E-state index in [1.165, 1.54) is 0 Å². The van der Waals surface area contributed by atoms with Crippen LogP contribution in [0.2, 0.25) is 0 Å². The lowest BCUT2D eigenvalue weighted by Crippen LogP contribution is -2.43. The Kier molecular flexibility index (Phi) is 5.67. The second kappa shape index (κ2) is 7.93. The molecule has 0 unspecified atom stereocenters. The van der Waals surface area contributed by atoms with Crippen molar-refractivity contribution in [2.45, 2.75) is 38.1 Å². The zero-order chi connectivity index (χ0) is 16.1. The number of aromatic nitrogens is 2. The fraction of sp³-hybridized carbons (Fsp3) is 0.765. The molecule has 6 nitrogen and oxygen atoms in total. The molecule has 3 heterocycles. The molecule has 0 aromatic carbocycles. The summed E-state index contributed by atoms with van der Waals surface area (Å²) in [5, 5.41) is 0. The predicted molar refractivity (Wildman–Crippen MR) is 86.2 cm³/mol. The lowest BCUT2D eigenvalue weighted by molar-refractivity contribution is -0.139. The number of methoxy groups -OCH3 is 1. The fourth-order valence-electron chi connectivity index (χ4n) is 3.62. The van der Waals surface area contributed by atoms with Gasteiger partial charge in [-0.3, -0.25) is 4.79 Å². The minimum absolute atomic E-state index is 0.170. The van der Waals surface area contributed by atoms with Crippen LogP contribution in [0, 0.1) is 5.92 Å². The van der Waals surface area contributed by atoms with E-state index in [4.69, 9.17) is 9.47 Å². The Bertz CT molecular complexity index is 503. The van der Waals surface area contributed by atoms with Crippen LogP contribution in [0.1, 0.15) is 37.4 Å². The van der Waals surface area contributed by atoms with E-state index in [9.17, 15) is 4.79 Å². The van der Waals surface area contributed by atoms with Gasteiger partial charge in [0.15, 0.2) is 0 Å². The van der Waals surface area contributed by atoms with Crippen molar-refractivity contribution in [2.24, 2.45) is 5.92 Å². The van der Waals surface area contributed by atoms with Crippen molar-refractivity contribution in [3.8, 4) is 0 Å². The molecular weight excluding hydrogens is 294 g/mol. The van der Waals surface area contributed by atoms with Gasteiger partial charge in [0, 0.05) is 64.2 Å². The number of piperidine rings is 1. The summed E-state index contributed by atoms with van der Waals surface area (Å²) in [6, 6.07) is 0. The van der Waals surface area contributed by atoms with E-state index in [1.807, 2.05) is 12.4 Å². The zero-order valence-corrected chi connectivity index (χ0v) is 13.9. The van der Waals surface area contributed by atoms with E-state index >= 15 is 0 Å². The molecule has 1 aromatic heterocycles. The molecule has 23 heavy (non-hydrogen) atoms. The first-order valence-electron chi connectivity index (χ1n) is 8.66. The maximum atomic E-state index is 12.6. The number of carbonyl (C=O) groups is 1. The normalized spacial score (nSPS) is 20.8. The van der Waals surface area contributed by atoms with Gasteiger partial charge in [0.1, 0.15) is 5.82 Å². The number of ether oxygens (including phenoxy) is 2. The van der Waals surface area contributed by atoms with E-state index in [2.05, 4.69) is 14.5 Å². The quantitative estimate of drug-likeness (QED) is 0.828. The SMILES string of the molecule is COCCn1ccnc1C1CCN(C(=O)C2CCOCC2)CC1. The maximum absolute atomic E-state index is 12.6. The highest BCUT2D eigenvalue weighted by atomic mass is 16.5. The number of rotatable bonds is 5. The highest BCUT2D eigenvalue weighted by Gasteiger charge is 2.30. The standard InChI is InChI=1S/C17H27N3O3/c1-22-13-10-19-9-6-18-16(19)14-2-7-20(8-3-14)17(21)15-4-11-23-12-5-15/h6,9,14-15H,2-5,7-8,10-13H2,1H3. The Labute approximate surface area is 137 Å². The number of likely N-dealkylation sites (tertiary alicyclic amines) is 1. The zero-order valence-electron chi connectivity index (χ0n) is 13.9. The lowest BCUT2D eigenvalue weighted by Gasteiger charge is -2.35. The molecule has 2 aliphatic rings. The summed E-state index contributed by atoms with van der Waals surface area (Å²) < 4.78 is 12.7. The number of amides is 1. The molecule has 6 heteroatoms. The average Bonchev–Trinajstić information content (AvgIpc) is 3.08. The lowest BCUT2D eigenvalue weighted by atomic mass is 9.93. The van der Waals surface area contributed by atoms with Gasteiger partial charge in [0.25, 0.3) is 0 Å². The van der Waals surface area contributed by atoms with Crippen LogP contribution < -0.4 is 0 Å². The molecule has 1 amide bonds. The van der Waals surface area contributed by atoms with Gasteiger partial charge in [-0.1, -0.05) is 0 Å². The van der Waals surface area contributed by atoms with E-state index in [-0.39, 0.29) is 5.92 Å². The Balaban J connectivity index is 1.54. The predicted octanol–water partition coefficient (Wildman–Crippen LogP) is 1.66. The summed E-state index contributed by atoms with van der Waals surface area (Å²) in [5.41, 5.74) is 0. The van der Waals surface area contributed by atoms with Crippen LogP contribution in [0.5, 0.6) is 0 Å². The van der Waals surface area contributed by atoms with E-state index < -0.39 is 0 Å². The average molecular weight is 321 g/mol. The number of hydrogen-bond donors (Lipinski definition) is 0. The molecule has 2 fully saturated rings. The van der Waals surface area contributed by atoms with Gasteiger partial charge in [-0.25, -0.2) is 4.98 Å². The van der Waals surface area contributed by atoms with Crippen molar-refractivity contribution in [3.05, 3.63) is 18.2 Å². The molecule has 2 saturated heterocycles. The monoisotopic (exact) mass is 321 g/mol. The molecule has 128 valence electrons. The molecule has 3 rings (SSSR count). The molecule has 0 spiro atoms. The molecule has 0 bridgehead atoms. The van der Waals surface area contributed by atoms with Crippen molar-refractivity contribution in [3.63, 3.8) is 0 Å². The van der Waals surface area contributed by atoms with Crippen LogP contribution in [0.15, 0.2) is 12.4 Å². The summed E-state index contributed by atoms with van der Waals surface area (Å²) in [6.45, 7) is 4.68. The number of imidazole rings is 1. The summed E-state index contributed by atoms with van der Waals surface area (Å²) >= 11 is 0. The third-order valence-corrected chi connectivity index (χ3v) is 5.03. The molecule has 0 N–H and O–H groups in total. The molecule has 2 aliphatic heterocycles. The number of hydrogen-bond acceptors (Lipinski definition) is 4. The first-order valence-corrected chi connectivity index (χ1v) is 8.66. The van der Waals surface area contributed by atoms with Crippen molar-refractivity contribution < 1.29 is 14.3 Å². The van der Waals surface area contributed by atoms with Crippen molar-refractivity contribution in [1.29, 1.82) is 0 Å². The Morgan fingerprint density at radius 1 is 1.30 bits per heavy atom. The van der Waals surface area contributed by atoms with Gasteiger partial charge in [-0.05, 0) is 25.7 Å². The van der Waals surface area contributed by atoms with Gasteiger partial charge in [-0.2, -0.15) is 0 Å². The maximum Gasteiger partial charge on any atom is 0.225 e. The molecule has 0 atom stereocenters. The van der Waals surface area contributed by atoms with E-state index in [0.29, 0.717) is 18.4 Å². The van der Waals surface area contributed by atoms with Crippen LogP contribution in [-0.2, 0) is 20.8 Å². The first-order chi connectivity index (χ1) is 11.3. The van der Waals surface area contributed by atoms with Crippen molar-refractivity contribution >= 4 is 5.91 Å². The van der Waals surface area contributed by atoms with E-state index in [0.717, 1.165) is 64.4 Å². The summed E-state index contributed by atoms with van der Waals surface area (Å²) in [6.07, 6.45) is 7.64. The topological polar surface area (TPSA) is 56.6 Å². The molecular formula is C17H27N3O3. The third-order valence-electron chi connectivity index (χ3n) is 5.03. The van der Waals surface area contributed by atoms with Crippen molar-refractivity contribution in [2.75, 3.05) is 40.0 Å². The van der Waals surface area contributed by atoms with Gasteiger partial charge in [0.2, 0.25) is 5.91 Å². The molecule has 0 aliphatic carbocycles.